The van der Waals surface area contributed by atoms with E-state index < -0.39 is 18.0 Å². The number of esters is 1. The van der Waals surface area contributed by atoms with Crippen LogP contribution in [0.5, 0.6) is 11.5 Å². The minimum Gasteiger partial charge on any atom is -0.497 e. The lowest BCUT2D eigenvalue weighted by Gasteiger charge is -2.30. The molecule has 0 aromatic heterocycles. The van der Waals surface area contributed by atoms with Crippen molar-refractivity contribution in [3.8, 4) is 11.5 Å². The highest BCUT2D eigenvalue weighted by Gasteiger charge is 2.35. The van der Waals surface area contributed by atoms with E-state index in [1.165, 1.54) is 7.11 Å². The molecule has 0 radical (unpaired) electrons. The van der Waals surface area contributed by atoms with Crippen LogP contribution in [0, 0.1) is 0 Å². The van der Waals surface area contributed by atoms with Gasteiger partial charge >= 0.3 is 12.0 Å². The Kier molecular flexibility index (Phi) is 6.74. The summed E-state index contributed by atoms with van der Waals surface area (Å²) in [5.41, 5.74) is 1.67. The second-order valence-electron chi connectivity index (χ2n) is 6.29. The number of rotatable bonds is 6. The van der Waals surface area contributed by atoms with Crippen LogP contribution in [-0.4, -0.2) is 32.8 Å². The normalized spacial score (nSPS) is 15.9. The van der Waals surface area contributed by atoms with E-state index in [9.17, 15) is 9.59 Å². The van der Waals surface area contributed by atoms with Crippen molar-refractivity contribution in [2.24, 2.45) is 0 Å². The van der Waals surface area contributed by atoms with Crippen LogP contribution >= 0.6 is 23.2 Å². The van der Waals surface area contributed by atoms with Crippen LogP contribution in [0.4, 0.5) is 4.79 Å². The summed E-state index contributed by atoms with van der Waals surface area (Å²) in [4.78, 5) is 25.4. The van der Waals surface area contributed by atoms with E-state index in [0.717, 1.165) is 0 Å². The van der Waals surface area contributed by atoms with Crippen LogP contribution < -0.4 is 20.1 Å². The van der Waals surface area contributed by atoms with Crippen molar-refractivity contribution in [3.63, 3.8) is 0 Å². The molecule has 3 rings (SSSR count). The number of ether oxygens (including phenoxy) is 3. The predicted molar refractivity (Wildman–Crippen MR) is 114 cm³/mol. The van der Waals surface area contributed by atoms with Crippen molar-refractivity contribution in [2.75, 3.05) is 20.8 Å². The summed E-state index contributed by atoms with van der Waals surface area (Å²) in [6.07, 6.45) is 0. The van der Waals surface area contributed by atoms with Gasteiger partial charge in [-0.1, -0.05) is 23.2 Å². The molecule has 1 heterocycles. The Balaban J connectivity index is 2.19. The molecule has 1 aliphatic heterocycles. The zero-order valence-corrected chi connectivity index (χ0v) is 18.1. The lowest BCUT2D eigenvalue weighted by Crippen LogP contribution is -2.45. The van der Waals surface area contributed by atoms with Gasteiger partial charge in [0, 0.05) is 0 Å². The van der Waals surface area contributed by atoms with Crippen LogP contribution in [0.2, 0.25) is 10.0 Å². The molecule has 1 aliphatic rings. The van der Waals surface area contributed by atoms with Gasteiger partial charge in [0.05, 0.1) is 48.2 Å². The zero-order chi connectivity index (χ0) is 21.8. The van der Waals surface area contributed by atoms with Crippen LogP contribution in [-0.2, 0) is 9.53 Å². The highest BCUT2D eigenvalue weighted by Crippen LogP contribution is 2.39. The van der Waals surface area contributed by atoms with Crippen LogP contribution in [0.15, 0.2) is 42.0 Å². The number of benzene rings is 2. The first kappa shape index (κ1) is 21.8. The van der Waals surface area contributed by atoms with Gasteiger partial charge in [0.2, 0.25) is 0 Å². The minimum atomic E-state index is -0.837. The van der Waals surface area contributed by atoms with E-state index in [-0.39, 0.29) is 22.2 Å². The molecule has 9 heteroatoms. The number of methoxy groups -OCH3 is 2. The SMILES string of the molecule is CCOC(=O)C1=C(c2ccc(OC)cc2)NC(=O)NC1c1cc(Cl)c(OC)c(Cl)c1. The lowest BCUT2D eigenvalue weighted by atomic mass is 9.92. The molecule has 30 heavy (non-hydrogen) atoms. The summed E-state index contributed by atoms with van der Waals surface area (Å²) in [5.74, 6) is 0.367. The number of carbonyl (C=O) groups excluding carboxylic acids is 2. The maximum absolute atomic E-state index is 12.9. The van der Waals surface area contributed by atoms with Gasteiger partial charge in [-0.3, -0.25) is 0 Å². The third-order valence-electron chi connectivity index (χ3n) is 4.50. The van der Waals surface area contributed by atoms with Gasteiger partial charge in [0.1, 0.15) is 5.75 Å². The van der Waals surface area contributed by atoms with Crippen molar-refractivity contribution < 1.29 is 23.8 Å². The maximum atomic E-state index is 12.9. The second kappa shape index (κ2) is 9.28. The number of urea groups is 1. The summed E-state index contributed by atoms with van der Waals surface area (Å²) in [6.45, 7) is 1.87. The topological polar surface area (TPSA) is 85.9 Å². The molecule has 1 unspecified atom stereocenters. The van der Waals surface area contributed by atoms with Gasteiger partial charge in [-0.25, -0.2) is 9.59 Å². The number of hydrogen-bond donors (Lipinski definition) is 2. The molecule has 0 bridgehead atoms. The van der Waals surface area contributed by atoms with Gasteiger partial charge in [0.25, 0.3) is 0 Å². The van der Waals surface area contributed by atoms with Crippen LogP contribution in [0.1, 0.15) is 24.1 Å². The third-order valence-corrected chi connectivity index (χ3v) is 5.07. The summed E-state index contributed by atoms with van der Waals surface area (Å²) in [5, 5.41) is 5.96. The Hall–Kier alpha value is -2.90. The van der Waals surface area contributed by atoms with Crippen LogP contribution in [0.25, 0.3) is 5.70 Å². The average Bonchev–Trinajstić information content (AvgIpc) is 2.73. The molecular weight excluding hydrogens is 431 g/mol. The summed E-state index contributed by atoms with van der Waals surface area (Å²) in [7, 11) is 3.00. The fourth-order valence-corrected chi connectivity index (χ4v) is 3.83. The molecule has 2 aromatic carbocycles. The number of hydrogen-bond acceptors (Lipinski definition) is 5. The molecule has 0 spiro atoms. The van der Waals surface area contributed by atoms with E-state index in [2.05, 4.69) is 10.6 Å². The molecule has 2 aromatic rings. The number of carbonyl (C=O) groups is 2. The smallest absolute Gasteiger partial charge is 0.338 e. The fraction of sp³-hybridized carbons (Fsp3) is 0.238. The Labute approximate surface area is 183 Å². The van der Waals surface area contributed by atoms with Crippen molar-refractivity contribution in [1.82, 2.24) is 10.6 Å². The molecule has 7 nitrogen and oxygen atoms in total. The van der Waals surface area contributed by atoms with Gasteiger partial charge in [-0.2, -0.15) is 0 Å². The lowest BCUT2D eigenvalue weighted by molar-refractivity contribution is -0.138. The first-order chi connectivity index (χ1) is 14.4. The molecular formula is C21H20Cl2N2O5. The first-order valence-electron chi connectivity index (χ1n) is 9.05. The second-order valence-corrected chi connectivity index (χ2v) is 7.10. The van der Waals surface area contributed by atoms with Gasteiger partial charge < -0.3 is 24.8 Å². The molecule has 158 valence electrons. The Morgan fingerprint density at radius 2 is 1.70 bits per heavy atom. The summed E-state index contributed by atoms with van der Waals surface area (Å²) >= 11 is 12.6. The van der Waals surface area contributed by atoms with E-state index >= 15 is 0 Å². The third kappa shape index (κ3) is 4.32. The molecule has 0 aliphatic carbocycles. The van der Waals surface area contributed by atoms with Gasteiger partial charge in [0.15, 0.2) is 5.75 Å². The number of halogens is 2. The Morgan fingerprint density at radius 3 is 2.23 bits per heavy atom. The number of amides is 2. The summed E-state index contributed by atoms with van der Waals surface area (Å²) in [6, 6.07) is 8.80. The largest absolute Gasteiger partial charge is 0.497 e. The first-order valence-corrected chi connectivity index (χ1v) is 9.81. The fourth-order valence-electron chi connectivity index (χ4n) is 3.17. The molecule has 2 amide bonds. The highest BCUT2D eigenvalue weighted by molar-refractivity contribution is 6.37. The van der Waals surface area contributed by atoms with Gasteiger partial charge in [-0.15, -0.1) is 0 Å². The van der Waals surface area contributed by atoms with Crippen molar-refractivity contribution >= 4 is 40.9 Å². The summed E-state index contributed by atoms with van der Waals surface area (Å²) < 4.78 is 15.6. The minimum absolute atomic E-state index is 0.170. The molecule has 0 saturated heterocycles. The standard InChI is InChI=1S/C21H20Cl2N2O5/c1-4-30-20(26)16-17(11-5-7-13(28-2)8-6-11)24-21(27)25-18(16)12-9-14(22)19(29-3)15(23)10-12/h5-10,18H,4H2,1-3H3,(H2,24,25,27). The maximum Gasteiger partial charge on any atom is 0.338 e. The van der Waals surface area contributed by atoms with E-state index in [1.54, 1.807) is 50.4 Å². The molecule has 0 fully saturated rings. The quantitative estimate of drug-likeness (QED) is 0.639. The highest BCUT2D eigenvalue weighted by atomic mass is 35.5. The van der Waals surface area contributed by atoms with E-state index in [0.29, 0.717) is 28.3 Å². The predicted octanol–water partition coefficient (Wildman–Crippen LogP) is 4.34. The number of nitrogens with one attached hydrogen (secondary N) is 2. The van der Waals surface area contributed by atoms with Crippen molar-refractivity contribution in [2.45, 2.75) is 13.0 Å². The monoisotopic (exact) mass is 450 g/mol. The average molecular weight is 451 g/mol. The van der Waals surface area contributed by atoms with Crippen molar-refractivity contribution in [3.05, 3.63) is 63.1 Å². The van der Waals surface area contributed by atoms with Gasteiger partial charge in [-0.05, 0) is 54.4 Å². The molecule has 0 saturated carbocycles. The molecule has 2 N–H and O–H groups in total. The van der Waals surface area contributed by atoms with E-state index in [4.69, 9.17) is 37.4 Å². The zero-order valence-electron chi connectivity index (χ0n) is 16.5. The van der Waals surface area contributed by atoms with Crippen LogP contribution in [0.3, 0.4) is 0 Å². The van der Waals surface area contributed by atoms with E-state index in [1.807, 2.05) is 0 Å². The molecule has 1 atom stereocenters. The van der Waals surface area contributed by atoms with Crippen molar-refractivity contribution in [1.29, 1.82) is 0 Å². The Morgan fingerprint density at radius 1 is 1.07 bits per heavy atom. The Bertz CT molecular complexity index is 982.